The van der Waals surface area contributed by atoms with Gasteiger partial charge in [0.15, 0.2) is 0 Å². The number of aromatic nitrogens is 4. The van der Waals surface area contributed by atoms with Crippen LogP contribution >= 0.6 is 0 Å². The number of nitrogens with zero attached hydrogens (tertiary/aromatic N) is 4. The molecule has 3 saturated heterocycles. The fourth-order valence-corrected chi connectivity index (χ4v) is 10.1. The van der Waals surface area contributed by atoms with Gasteiger partial charge in [-0.25, -0.2) is 19.6 Å². The molecule has 5 fully saturated rings. The zero-order valence-corrected chi connectivity index (χ0v) is 34.5. The summed E-state index contributed by atoms with van der Waals surface area (Å²) < 4.78 is 10.9. The third-order valence-corrected chi connectivity index (χ3v) is 13.2. The second kappa shape index (κ2) is 15.6. The zero-order chi connectivity index (χ0) is 42.0. The number of imidazole rings is 2. The number of alkyl carbamates (subject to hydrolysis) is 1. The standard InChI is InChI=1S/C45H52N8O7/c1-22(2)38(50-44(56)57)42(54)52-34-16-30(34)19-37(52)41-47-21-33(49-41)28-10-9-26-14-25(6-8-27(26)15-28)7-11-32-20-46-40(48-32)36-18-29-17-35(29)53(36)43(55)39(51-45(58)59-5)31-12-23(3)60-24(4)13-31/h6,8-10,14-15,20-24,29-31,34-39,50H,12-13,16-19H2,1-5H3,(H,46,48)(H,47,49)(H,51,58)(H,56,57)/t23-,24+,29-,30-,31+,34-,35-,36+,37+,38+,39+/m1/s1. The number of nitrogens with one attached hydrogen (secondary N) is 4. The second-order valence-electron chi connectivity index (χ2n) is 17.8. The molecule has 0 spiro atoms. The van der Waals surface area contributed by atoms with E-state index in [1.165, 1.54) is 7.11 Å². The Kier molecular flexibility index (Phi) is 10.3. The number of carbonyl (C=O) groups is 4. The molecule has 5 heterocycles. The predicted molar refractivity (Wildman–Crippen MR) is 220 cm³/mol. The van der Waals surface area contributed by atoms with Crippen molar-refractivity contribution in [3.05, 3.63) is 71.7 Å². The van der Waals surface area contributed by atoms with Crippen LogP contribution in [0.3, 0.4) is 0 Å². The van der Waals surface area contributed by atoms with Crippen molar-refractivity contribution in [3.8, 4) is 23.1 Å². The first-order valence-corrected chi connectivity index (χ1v) is 21.2. The van der Waals surface area contributed by atoms with Gasteiger partial charge in [-0.05, 0) is 111 Å². The summed E-state index contributed by atoms with van der Waals surface area (Å²) in [5, 5.41) is 16.7. The first-order chi connectivity index (χ1) is 28.8. The zero-order valence-electron chi connectivity index (χ0n) is 34.5. The molecule has 5 N–H and O–H groups in total. The van der Waals surface area contributed by atoms with Crippen molar-refractivity contribution < 1.29 is 33.8 Å². The van der Waals surface area contributed by atoms with E-state index in [-0.39, 0.29) is 60.0 Å². The van der Waals surface area contributed by atoms with E-state index >= 15 is 0 Å². The molecule has 0 unspecified atom stereocenters. The van der Waals surface area contributed by atoms with Gasteiger partial charge < -0.3 is 45.0 Å². The summed E-state index contributed by atoms with van der Waals surface area (Å²) in [7, 11) is 1.31. The van der Waals surface area contributed by atoms with Gasteiger partial charge in [-0.2, -0.15) is 0 Å². The molecule has 60 heavy (non-hydrogen) atoms. The van der Waals surface area contributed by atoms with Crippen molar-refractivity contribution >= 4 is 34.8 Å². The van der Waals surface area contributed by atoms with Crippen LogP contribution in [0.2, 0.25) is 0 Å². The molecule has 4 amide bonds. The number of amides is 4. The summed E-state index contributed by atoms with van der Waals surface area (Å²) >= 11 is 0. The molecule has 5 aliphatic rings. The minimum atomic E-state index is -1.21. The van der Waals surface area contributed by atoms with E-state index in [0.717, 1.165) is 53.3 Å². The lowest BCUT2D eigenvalue weighted by Gasteiger charge is -2.38. The molecular weight excluding hydrogens is 765 g/mol. The Bertz CT molecular complexity index is 2390. The molecule has 0 bridgehead atoms. The molecule has 15 heteroatoms. The van der Waals surface area contributed by atoms with Crippen molar-refractivity contribution in [2.24, 2.45) is 23.7 Å². The van der Waals surface area contributed by atoms with Gasteiger partial charge in [-0.3, -0.25) is 9.59 Å². The molecule has 2 aromatic carbocycles. The smallest absolute Gasteiger partial charge is 0.407 e. The molecular formula is C45H52N8O7. The fourth-order valence-electron chi connectivity index (χ4n) is 10.1. The maximum absolute atomic E-state index is 14.3. The molecule has 15 nitrogen and oxygen atoms in total. The lowest BCUT2D eigenvalue weighted by molar-refractivity contribution is -0.140. The number of aromatic amines is 2. The summed E-state index contributed by atoms with van der Waals surface area (Å²) in [5.41, 5.74) is 3.11. The van der Waals surface area contributed by atoms with Crippen molar-refractivity contribution in [2.45, 2.75) is 115 Å². The quantitative estimate of drug-likeness (QED) is 0.128. The van der Waals surface area contributed by atoms with Crippen LogP contribution in [-0.4, -0.2) is 102 Å². The molecule has 4 aromatic rings. The second-order valence-corrected chi connectivity index (χ2v) is 17.8. The number of fused-ring (bicyclic) bond motifs is 3. The van der Waals surface area contributed by atoms with E-state index in [1.54, 1.807) is 6.20 Å². The number of hydrogen-bond donors (Lipinski definition) is 5. The molecule has 2 aromatic heterocycles. The van der Waals surface area contributed by atoms with Crippen LogP contribution in [0, 0.1) is 35.5 Å². The molecule has 314 valence electrons. The number of carboxylic acid groups (broad SMARTS) is 1. The van der Waals surface area contributed by atoms with E-state index in [0.29, 0.717) is 42.0 Å². The number of benzene rings is 2. The number of rotatable bonds is 9. The monoisotopic (exact) mass is 816 g/mol. The molecule has 11 atom stereocenters. The number of ether oxygens (including phenoxy) is 2. The van der Waals surface area contributed by atoms with Gasteiger partial charge in [0.2, 0.25) is 11.8 Å². The summed E-state index contributed by atoms with van der Waals surface area (Å²) in [4.78, 5) is 72.1. The predicted octanol–water partition coefficient (Wildman–Crippen LogP) is 5.90. The van der Waals surface area contributed by atoms with Crippen molar-refractivity contribution in [3.63, 3.8) is 0 Å². The fraction of sp³-hybridized carbons (Fsp3) is 0.511. The highest BCUT2D eigenvalue weighted by molar-refractivity contribution is 5.89. The van der Waals surface area contributed by atoms with Gasteiger partial charge in [0, 0.05) is 35.6 Å². The van der Waals surface area contributed by atoms with Crippen molar-refractivity contribution in [1.29, 1.82) is 0 Å². The van der Waals surface area contributed by atoms with Crippen LogP contribution in [0.15, 0.2) is 48.8 Å². The first kappa shape index (κ1) is 39.6. The molecule has 3 aliphatic heterocycles. The van der Waals surface area contributed by atoms with Gasteiger partial charge in [0.25, 0.3) is 0 Å². The lowest BCUT2D eigenvalue weighted by atomic mass is 9.85. The van der Waals surface area contributed by atoms with Crippen molar-refractivity contribution in [2.75, 3.05) is 7.11 Å². The van der Waals surface area contributed by atoms with Gasteiger partial charge in [-0.1, -0.05) is 38.0 Å². The average molecular weight is 817 g/mol. The van der Waals surface area contributed by atoms with Crippen LogP contribution < -0.4 is 10.6 Å². The minimum absolute atomic E-state index is 0.0190. The third kappa shape index (κ3) is 7.69. The normalized spacial score (nSPS) is 28.6. The average Bonchev–Trinajstić information content (AvgIpc) is 3.81. The third-order valence-electron chi connectivity index (χ3n) is 13.2. The van der Waals surface area contributed by atoms with Crippen LogP contribution in [0.1, 0.15) is 101 Å². The highest BCUT2D eigenvalue weighted by atomic mass is 16.5. The lowest BCUT2D eigenvalue weighted by Crippen LogP contribution is -2.55. The van der Waals surface area contributed by atoms with Crippen LogP contribution in [0.4, 0.5) is 9.59 Å². The van der Waals surface area contributed by atoms with E-state index in [1.807, 2.05) is 74.0 Å². The Morgan fingerprint density at radius 3 is 2.12 bits per heavy atom. The summed E-state index contributed by atoms with van der Waals surface area (Å²) in [6.07, 6.45) is 6.61. The van der Waals surface area contributed by atoms with E-state index < -0.39 is 24.3 Å². The number of carbonyl (C=O) groups excluding carboxylic acids is 3. The van der Waals surface area contributed by atoms with Crippen LogP contribution in [0.5, 0.6) is 0 Å². The largest absolute Gasteiger partial charge is 0.465 e. The molecule has 2 saturated carbocycles. The Morgan fingerprint density at radius 1 is 0.817 bits per heavy atom. The maximum Gasteiger partial charge on any atom is 0.407 e. The van der Waals surface area contributed by atoms with E-state index in [4.69, 9.17) is 19.4 Å². The number of likely N-dealkylation sites (tertiary alicyclic amines) is 2. The summed E-state index contributed by atoms with van der Waals surface area (Å²) in [6, 6.07) is 10.4. The number of H-pyrrole nitrogens is 2. The maximum atomic E-state index is 14.3. The Labute approximate surface area is 348 Å². The highest BCUT2D eigenvalue weighted by Crippen LogP contribution is 2.54. The number of piperidine rings is 2. The molecule has 9 rings (SSSR count). The van der Waals surface area contributed by atoms with E-state index in [9.17, 15) is 24.3 Å². The summed E-state index contributed by atoms with van der Waals surface area (Å²) in [6.45, 7) is 7.70. The first-order valence-electron chi connectivity index (χ1n) is 21.2. The van der Waals surface area contributed by atoms with E-state index in [2.05, 4.69) is 38.5 Å². The summed E-state index contributed by atoms with van der Waals surface area (Å²) in [5.74, 6) is 8.11. The van der Waals surface area contributed by atoms with Gasteiger partial charge in [0.05, 0.1) is 37.1 Å². The molecule has 0 radical (unpaired) electrons. The van der Waals surface area contributed by atoms with Crippen molar-refractivity contribution in [1.82, 2.24) is 40.4 Å². The number of hydrogen-bond acceptors (Lipinski definition) is 8. The number of methoxy groups -OCH3 is 1. The Morgan fingerprint density at radius 2 is 1.45 bits per heavy atom. The van der Waals surface area contributed by atoms with Gasteiger partial charge in [-0.15, -0.1) is 0 Å². The highest BCUT2D eigenvalue weighted by Gasteiger charge is 2.58. The van der Waals surface area contributed by atoms with Gasteiger partial charge in [0.1, 0.15) is 29.4 Å². The Hall–Kier alpha value is -5.88. The topological polar surface area (TPSA) is 195 Å². The van der Waals surface area contributed by atoms with Crippen LogP contribution in [-0.2, 0) is 19.1 Å². The Balaban J connectivity index is 0.884. The van der Waals surface area contributed by atoms with Crippen LogP contribution in [0.25, 0.3) is 22.0 Å². The van der Waals surface area contributed by atoms with Gasteiger partial charge >= 0.3 is 12.2 Å². The SMILES string of the molecule is COC(=O)N[C@H](C(=O)N1[C@@H]2C[C@@H]2C[C@H]1c1nc(C#Cc2ccc3cc(-c4c[nH]c([C@@H]5C[C@H]6C[C@H]6N5C(=O)[C@@H](NC(=O)O)C(C)C)n4)ccc3c2)c[nH]1)[C@H]1C[C@@H](C)O[C@@H](C)C1. The minimum Gasteiger partial charge on any atom is -0.465 e. The molecule has 2 aliphatic carbocycles.